The van der Waals surface area contributed by atoms with Crippen molar-refractivity contribution >= 4 is 17.3 Å². The number of hydrogen-bond acceptors (Lipinski definition) is 7. The van der Waals surface area contributed by atoms with Crippen LogP contribution < -0.4 is 35.2 Å². The number of methoxy groups -OCH3 is 3. The molecular weight excluding hydrogens is 506 g/mol. The van der Waals surface area contributed by atoms with Gasteiger partial charge in [0.25, 0.3) is 0 Å². The third kappa shape index (κ3) is 4.31. The number of piperidine rings is 1. The SMILES string of the molecule is COc1cc2c(c(OC)c1OC)-c1ccc(N3CCC4c5ccccc5NC4C3)c(=O)cc1[C@@H](NC(C)=O)CC2. The van der Waals surface area contributed by atoms with Crippen molar-refractivity contribution in [3.05, 3.63) is 75.4 Å². The van der Waals surface area contributed by atoms with Gasteiger partial charge in [-0.15, -0.1) is 0 Å². The van der Waals surface area contributed by atoms with Crippen LogP contribution in [-0.4, -0.2) is 46.4 Å². The maximum Gasteiger partial charge on any atom is 0.217 e. The van der Waals surface area contributed by atoms with E-state index in [-0.39, 0.29) is 23.4 Å². The van der Waals surface area contributed by atoms with Gasteiger partial charge in [-0.1, -0.05) is 24.3 Å². The molecule has 208 valence electrons. The van der Waals surface area contributed by atoms with Gasteiger partial charge < -0.3 is 29.7 Å². The second-order valence-electron chi connectivity index (χ2n) is 10.7. The van der Waals surface area contributed by atoms with Crippen LogP contribution in [0, 0.1) is 0 Å². The molecule has 0 aromatic heterocycles. The van der Waals surface area contributed by atoms with Crippen molar-refractivity contribution < 1.29 is 19.0 Å². The molecule has 3 atom stereocenters. The molecule has 0 radical (unpaired) electrons. The van der Waals surface area contributed by atoms with Crippen molar-refractivity contribution in [3.63, 3.8) is 0 Å². The van der Waals surface area contributed by atoms with Gasteiger partial charge in [0.2, 0.25) is 17.1 Å². The predicted molar refractivity (Wildman–Crippen MR) is 156 cm³/mol. The third-order valence-corrected chi connectivity index (χ3v) is 8.55. The minimum atomic E-state index is -0.328. The average Bonchev–Trinajstić information content (AvgIpc) is 3.16. The Morgan fingerprint density at radius 2 is 1.77 bits per heavy atom. The number of rotatable bonds is 5. The molecule has 2 N–H and O–H groups in total. The van der Waals surface area contributed by atoms with Crippen molar-refractivity contribution in [1.29, 1.82) is 0 Å². The smallest absolute Gasteiger partial charge is 0.217 e. The van der Waals surface area contributed by atoms with Crippen molar-refractivity contribution in [2.75, 3.05) is 44.6 Å². The highest BCUT2D eigenvalue weighted by molar-refractivity contribution is 5.84. The third-order valence-electron chi connectivity index (χ3n) is 8.55. The number of nitrogens with zero attached hydrogens (tertiary/aromatic N) is 1. The summed E-state index contributed by atoms with van der Waals surface area (Å²) in [5.74, 6) is 1.93. The Hall–Kier alpha value is -4.20. The van der Waals surface area contributed by atoms with Crippen molar-refractivity contribution in [2.45, 2.75) is 44.2 Å². The summed E-state index contributed by atoms with van der Waals surface area (Å²) in [6.45, 7) is 3.04. The summed E-state index contributed by atoms with van der Waals surface area (Å²) in [5.41, 5.74) is 6.64. The number of ether oxygens (including phenoxy) is 3. The molecule has 0 bridgehead atoms. The van der Waals surface area contributed by atoms with Gasteiger partial charge in [-0.05, 0) is 65.8 Å². The van der Waals surface area contributed by atoms with E-state index in [2.05, 4.69) is 39.8 Å². The molecule has 1 amide bonds. The zero-order valence-corrected chi connectivity index (χ0v) is 23.4. The highest BCUT2D eigenvalue weighted by Gasteiger charge is 2.37. The normalized spacial score (nSPS) is 20.6. The molecule has 3 aliphatic rings. The Kier molecular flexibility index (Phi) is 6.78. The van der Waals surface area contributed by atoms with Crippen molar-refractivity contribution in [1.82, 2.24) is 5.32 Å². The molecule has 2 heterocycles. The maximum atomic E-state index is 13.9. The molecule has 6 rings (SSSR count). The minimum absolute atomic E-state index is 0.0616. The van der Waals surface area contributed by atoms with E-state index in [0.717, 1.165) is 41.8 Å². The molecule has 1 saturated heterocycles. The number of benzene rings is 2. The summed E-state index contributed by atoms with van der Waals surface area (Å²) >= 11 is 0. The van der Waals surface area contributed by atoms with Crippen LogP contribution in [-0.2, 0) is 11.2 Å². The Morgan fingerprint density at radius 1 is 0.975 bits per heavy atom. The second-order valence-corrected chi connectivity index (χ2v) is 10.7. The Bertz CT molecular complexity index is 1540. The summed E-state index contributed by atoms with van der Waals surface area (Å²) in [4.78, 5) is 28.3. The van der Waals surface area contributed by atoms with E-state index in [0.29, 0.717) is 41.7 Å². The zero-order valence-electron chi connectivity index (χ0n) is 23.4. The quantitative estimate of drug-likeness (QED) is 0.486. The first-order valence-corrected chi connectivity index (χ1v) is 13.8. The topological polar surface area (TPSA) is 89.1 Å². The van der Waals surface area contributed by atoms with Gasteiger partial charge in [-0.25, -0.2) is 0 Å². The van der Waals surface area contributed by atoms with Crippen LogP contribution in [0.4, 0.5) is 11.4 Å². The van der Waals surface area contributed by atoms with Crippen molar-refractivity contribution in [3.8, 4) is 28.4 Å². The number of amides is 1. The summed E-state index contributed by atoms with van der Waals surface area (Å²) < 4.78 is 17.2. The van der Waals surface area contributed by atoms with Crippen LogP contribution >= 0.6 is 0 Å². The lowest BCUT2D eigenvalue weighted by molar-refractivity contribution is -0.119. The van der Waals surface area contributed by atoms with Gasteiger partial charge in [-0.2, -0.15) is 0 Å². The van der Waals surface area contributed by atoms with Crippen LogP contribution in [0.3, 0.4) is 0 Å². The van der Waals surface area contributed by atoms with Gasteiger partial charge >= 0.3 is 0 Å². The van der Waals surface area contributed by atoms with E-state index in [1.807, 2.05) is 18.2 Å². The molecule has 8 nitrogen and oxygen atoms in total. The predicted octanol–water partition coefficient (Wildman–Crippen LogP) is 4.65. The van der Waals surface area contributed by atoms with Crippen LogP contribution in [0.15, 0.2) is 53.3 Å². The summed E-state index contributed by atoms with van der Waals surface area (Å²) in [5, 5.41) is 6.76. The molecule has 2 aliphatic heterocycles. The monoisotopic (exact) mass is 541 g/mol. The molecule has 1 fully saturated rings. The molecule has 8 heteroatoms. The van der Waals surface area contributed by atoms with E-state index >= 15 is 0 Å². The fourth-order valence-electron chi connectivity index (χ4n) is 6.80. The average molecular weight is 542 g/mol. The van der Waals surface area contributed by atoms with Crippen molar-refractivity contribution in [2.24, 2.45) is 0 Å². The fourth-order valence-corrected chi connectivity index (χ4v) is 6.80. The van der Waals surface area contributed by atoms with Gasteiger partial charge in [-0.3, -0.25) is 9.59 Å². The van der Waals surface area contributed by atoms with E-state index in [1.165, 1.54) is 18.2 Å². The first-order valence-electron chi connectivity index (χ1n) is 13.8. The Morgan fingerprint density at radius 3 is 2.52 bits per heavy atom. The molecule has 0 saturated carbocycles. The fraction of sp³-hybridized carbons (Fsp3) is 0.375. The molecule has 3 aromatic rings. The van der Waals surface area contributed by atoms with Crippen LogP contribution in [0.25, 0.3) is 11.1 Å². The summed E-state index contributed by atoms with van der Waals surface area (Å²) in [6.07, 6.45) is 2.26. The zero-order chi connectivity index (χ0) is 28.0. The van der Waals surface area contributed by atoms with Gasteiger partial charge in [0, 0.05) is 37.2 Å². The minimum Gasteiger partial charge on any atom is -0.493 e. The van der Waals surface area contributed by atoms with Crippen LogP contribution in [0.2, 0.25) is 0 Å². The number of aryl methyl sites for hydroxylation is 1. The molecule has 3 aromatic carbocycles. The van der Waals surface area contributed by atoms with Gasteiger partial charge in [0.05, 0.1) is 39.1 Å². The highest BCUT2D eigenvalue weighted by atomic mass is 16.5. The standard InChI is InChI=1S/C32H35N3O5/c1-18(36)33-25-11-9-19-15-29(38-2)31(39-3)32(40-4)30(19)22-10-12-27(28(37)16-23(22)25)35-14-13-21-20-7-5-6-8-24(20)34-26(21)17-35/h5-8,10,12,15-16,21,25-26,34H,9,11,13-14,17H2,1-4H3,(H,33,36)/t21?,25-,26?/m0/s1. The first kappa shape index (κ1) is 26.0. The molecule has 0 spiro atoms. The molecule has 40 heavy (non-hydrogen) atoms. The van der Waals surface area contributed by atoms with Gasteiger partial charge in [0.15, 0.2) is 11.5 Å². The van der Waals surface area contributed by atoms with Gasteiger partial charge in [0.1, 0.15) is 0 Å². The molecular formula is C32H35N3O5. The number of carbonyl (C=O) groups is 1. The number of anilines is 2. The molecule has 2 unspecified atom stereocenters. The van der Waals surface area contributed by atoms with Crippen LogP contribution in [0.1, 0.15) is 48.4 Å². The van der Waals surface area contributed by atoms with E-state index in [4.69, 9.17) is 14.2 Å². The Labute approximate surface area is 234 Å². The largest absolute Gasteiger partial charge is 0.493 e. The lowest BCUT2D eigenvalue weighted by atomic mass is 9.88. The number of carbonyl (C=O) groups excluding carboxylic acids is 1. The number of hydrogen-bond donors (Lipinski definition) is 2. The van der Waals surface area contributed by atoms with E-state index in [1.54, 1.807) is 27.4 Å². The number of nitrogens with one attached hydrogen (secondary N) is 2. The van der Waals surface area contributed by atoms with Crippen LogP contribution in [0.5, 0.6) is 17.2 Å². The number of fused-ring (bicyclic) bond motifs is 6. The molecule has 1 aliphatic carbocycles. The van der Waals surface area contributed by atoms with E-state index < -0.39 is 0 Å². The lowest BCUT2D eigenvalue weighted by Crippen LogP contribution is -2.45. The summed E-state index contributed by atoms with van der Waals surface area (Å²) in [7, 11) is 4.80. The maximum absolute atomic E-state index is 13.9. The Balaban J connectivity index is 1.47. The number of para-hydroxylation sites is 1. The first-order chi connectivity index (χ1) is 19.4. The lowest BCUT2D eigenvalue weighted by Gasteiger charge is -2.36. The highest BCUT2D eigenvalue weighted by Crippen LogP contribution is 2.50. The van der Waals surface area contributed by atoms with E-state index in [9.17, 15) is 9.59 Å². The summed E-state index contributed by atoms with van der Waals surface area (Å²) in [6, 6.07) is 16.0. The second kappa shape index (κ2) is 10.4.